The van der Waals surface area contributed by atoms with Crippen molar-refractivity contribution in [2.45, 2.75) is 18.4 Å². The first kappa shape index (κ1) is 8.85. The summed E-state index contributed by atoms with van der Waals surface area (Å²) in [6, 6.07) is 7.72. The Hall–Kier alpha value is -0.730. The Labute approximate surface area is 83.1 Å². The first-order chi connectivity index (χ1) is 6.20. The second kappa shape index (κ2) is 3.20. The Morgan fingerprint density at radius 3 is 2.69 bits per heavy atom. The molecule has 0 amide bonds. The zero-order chi connectivity index (χ0) is 9.31. The first-order valence-corrected chi connectivity index (χ1v) is 4.85. The molecular formula is C10H13ClN2. The number of benzene rings is 1. The summed E-state index contributed by atoms with van der Waals surface area (Å²) in [6.45, 7) is 0.816. The molecule has 0 bridgehead atoms. The SMILES string of the molecule is NC1(CNc2ccccc2Cl)CC1. The van der Waals surface area contributed by atoms with Gasteiger partial charge in [-0.3, -0.25) is 0 Å². The summed E-state index contributed by atoms with van der Waals surface area (Å²) in [5, 5.41) is 4.01. The number of rotatable bonds is 3. The fourth-order valence-electron chi connectivity index (χ4n) is 1.21. The lowest BCUT2D eigenvalue weighted by atomic mass is 10.2. The molecule has 70 valence electrons. The van der Waals surface area contributed by atoms with Gasteiger partial charge in [-0.1, -0.05) is 23.7 Å². The molecule has 0 saturated heterocycles. The molecule has 0 unspecified atom stereocenters. The highest BCUT2D eigenvalue weighted by molar-refractivity contribution is 6.33. The normalized spacial score (nSPS) is 18.3. The summed E-state index contributed by atoms with van der Waals surface area (Å²) < 4.78 is 0. The van der Waals surface area contributed by atoms with E-state index in [0.717, 1.165) is 30.1 Å². The van der Waals surface area contributed by atoms with Crippen LogP contribution in [0.1, 0.15) is 12.8 Å². The molecular weight excluding hydrogens is 184 g/mol. The predicted molar refractivity (Wildman–Crippen MR) is 56.1 cm³/mol. The van der Waals surface area contributed by atoms with Crippen LogP contribution in [-0.2, 0) is 0 Å². The Morgan fingerprint density at radius 1 is 1.38 bits per heavy atom. The molecule has 3 N–H and O–H groups in total. The molecule has 0 aromatic heterocycles. The van der Waals surface area contributed by atoms with E-state index in [4.69, 9.17) is 17.3 Å². The largest absolute Gasteiger partial charge is 0.382 e. The van der Waals surface area contributed by atoms with Crippen LogP contribution in [0.3, 0.4) is 0 Å². The van der Waals surface area contributed by atoms with Gasteiger partial charge in [0.15, 0.2) is 0 Å². The van der Waals surface area contributed by atoms with Crippen LogP contribution in [0.25, 0.3) is 0 Å². The van der Waals surface area contributed by atoms with E-state index in [-0.39, 0.29) is 5.54 Å². The fraction of sp³-hybridized carbons (Fsp3) is 0.400. The highest BCUT2D eigenvalue weighted by Crippen LogP contribution is 2.32. The molecule has 0 spiro atoms. The smallest absolute Gasteiger partial charge is 0.0637 e. The average molecular weight is 197 g/mol. The van der Waals surface area contributed by atoms with E-state index >= 15 is 0 Å². The van der Waals surface area contributed by atoms with Gasteiger partial charge in [0.25, 0.3) is 0 Å². The summed E-state index contributed by atoms with van der Waals surface area (Å²) in [6.07, 6.45) is 2.23. The van der Waals surface area contributed by atoms with Crippen LogP contribution >= 0.6 is 11.6 Å². The molecule has 0 atom stereocenters. The van der Waals surface area contributed by atoms with Gasteiger partial charge in [-0.15, -0.1) is 0 Å². The van der Waals surface area contributed by atoms with Gasteiger partial charge in [0.05, 0.1) is 10.7 Å². The minimum Gasteiger partial charge on any atom is -0.382 e. The second-order valence-electron chi connectivity index (χ2n) is 3.70. The summed E-state index contributed by atoms with van der Waals surface area (Å²) in [5.74, 6) is 0. The van der Waals surface area contributed by atoms with Crippen molar-refractivity contribution in [2.75, 3.05) is 11.9 Å². The zero-order valence-electron chi connectivity index (χ0n) is 7.39. The molecule has 0 aliphatic heterocycles. The van der Waals surface area contributed by atoms with E-state index < -0.39 is 0 Å². The number of hydrogen-bond donors (Lipinski definition) is 2. The van der Waals surface area contributed by atoms with E-state index in [1.165, 1.54) is 0 Å². The lowest BCUT2D eigenvalue weighted by Gasteiger charge is -2.12. The zero-order valence-corrected chi connectivity index (χ0v) is 8.14. The van der Waals surface area contributed by atoms with Crippen LogP contribution in [0.4, 0.5) is 5.69 Å². The first-order valence-electron chi connectivity index (χ1n) is 4.47. The highest BCUT2D eigenvalue weighted by Gasteiger charge is 2.37. The maximum Gasteiger partial charge on any atom is 0.0637 e. The Morgan fingerprint density at radius 2 is 2.08 bits per heavy atom. The molecule has 1 aromatic rings. The number of nitrogens with one attached hydrogen (secondary N) is 1. The van der Waals surface area contributed by atoms with Gasteiger partial charge in [0.1, 0.15) is 0 Å². The van der Waals surface area contributed by atoms with Crippen LogP contribution in [-0.4, -0.2) is 12.1 Å². The third-order valence-corrected chi connectivity index (χ3v) is 2.73. The van der Waals surface area contributed by atoms with Crippen molar-refractivity contribution < 1.29 is 0 Å². The lowest BCUT2D eigenvalue weighted by Crippen LogP contribution is -2.31. The molecule has 1 saturated carbocycles. The molecule has 0 radical (unpaired) electrons. The van der Waals surface area contributed by atoms with Gasteiger partial charge in [0.2, 0.25) is 0 Å². The van der Waals surface area contributed by atoms with Crippen LogP contribution in [0.15, 0.2) is 24.3 Å². The van der Waals surface area contributed by atoms with E-state index in [0.29, 0.717) is 0 Å². The molecule has 1 aliphatic carbocycles. The Balaban J connectivity index is 1.97. The van der Waals surface area contributed by atoms with E-state index in [1.54, 1.807) is 0 Å². The van der Waals surface area contributed by atoms with Crippen molar-refractivity contribution in [1.29, 1.82) is 0 Å². The summed E-state index contributed by atoms with van der Waals surface area (Å²) >= 11 is 5.97. The van der Waals surface area contributed by atoms with Gasteiger partial charge in [0, 0.05) is 12.1 Å². The van der Waals surface area contributed by atoms with Crippen LogP contribution in [0.2, 0.25) is 5.02 Å². The van der Waals surface area contributed by atoms with Crippen LogP contribution in [0, 0.1) is 0 Å². The minimum absolute atomic E-state index is 0.0270. The topological polar surface area (TPSA) is 38.0 Å². The number of para-hydroxylation sites is 1. The summed E-state index contributed by atoms with van der Waals surface area (Å²) in [7, 11) is 0. The fourth-order valence-corrected chi connectivity index (χ4v) is 1.42. The summed E-state index contributed by atoms with van der Waals surface area (Å²) in [5.41, 5.74) is 6.94. The molecule has 2 nitrogen and oxygen atoms in total. The van der Waals surface area contributed by atoms with Gasteiger partial charge in [-0.25, -0.2) is 0 Å². The van der Waals surface area contributed by atoms with E-state index in [1.807, 2.05) is 24.3 Å². The Kier molecular flexibility index (Phi) is 2.18. The van der Waals surface area contributed by atoms with Crippen molar-refractivity contribution in [1.82, 2.24) is 0 Å². The number of nitrogens with two attached hydrogens (primary N) is 1. The maximum atomic E-state index is 5.97. The molecule has 3 heteroatoms. The quantitative estimate of drug-likeness (QED) is 0.778. The monoisotopic (exact) mass is 196 g/mol. The van der Waals surface area contributed by atoms with Gasteiger partial charge in [-0.05, 0) is 25.0 Å². The molecule has 1 fully saturated rings. The van der Waals surface area contributed by atoms with Crippen LogP contribution < -0.4 is 11.1 Å². The van der Waals surface area contributed by atoms with Gasteiger partial charge >= 0.3 is 0 Å². The lowest BCUT2D eigenvalue weighted by molar-refractivity contribution is 0.713. The molecule has 0 heterocycles. The molecule has 2 rings (SSSR count). The number of hydrogen-bond acceptors (Lipinski definition) is 2. The molecule has 1 aliphatic rings. The maximum absolute atomic E-state index is 5.97. The summed E-state index contributed by atoms with van der Waals surface area (Å²) in [4.78, 5) is 0. The number of anilines is 1. The van der Waals surface area contributed by atoms with E-state index in [2.05, 4.69) is 5.32 Å². The van der Waals surface area contributed by atoms with E-state index in [9.17, 15) is 0 Å². The van der Waals surface area contributed by atoms with Crippen molar-refractivity contribution >= 4 is 17.3 Å². The second-order valence-corrected chi connectivity index (χ2v) is 4.10. The highest BCUT2D eigenvalue weighted by atomic mass is 35.5. The number of halogens is 1. The van der Waals surface area contributed by atoms with Crippen molar-refractivity contribution in [3.05, 3.63) is 29.3 Å². The molecule has 1 aromatic carbocycles. The third-order valence-electron chi connectivity index (χ3n) is 2.40. The van der Waals surface area contributed by atoms with Crippen molar-refractivity contribution in [2.24, 2.45) is 5.73 Å². The Bertz CT molecular complexity index is 308. The van der Waals surface area contributed by atoms with Crippen molar-refractivity contribution in [3.8, 4) is 0 Å². The van der Waals surface area contributed by atoms with Crippen LogP contribution in [0.5, 0.6) is 0 Å². The standard InChI is InChI=1S/C10H13ClN2/c11-8-3-1-2-4-9(8)13-7-10(12)5-6-10/h1-4,13H,5-7,12H2. The van der Waals surface area contributed by atoms with Crippen molar-refractivity contribution in [3.63, 3.8) is 0 Å². The third kappa shape index (κ3) is 2.14. The van der Waals surface area contributed by atoms with Gasteiger partial charge < -0.3 is 11.1 Å². The average Bonchev–Trinajstić information content (AvgIpc) is 2.83. The predicted octanol–water partition coefficient (Wildman–Crippen LogP) is 2.24. The minimum atomic E-state index is 0.0270. The molecule has 13 heavy (non-hydrogen) atoms. The van der Waals surface area contributed by atoms with Gasteiger partial charge in [-0.2, -0.15) is 0 Å².